The van der Waals surface area contributed by atoms with E-state index >= 15 is 0 Å². The number of hydrogen-bond donors (Lipinski definition) is 2. The second kappa shape index (κ2) is 13.8. The summed E-state index contributed by atoms with van der Waals surface area (Å²) in [7, 11) is 3.98. The highest BCUT2D eigenvalue weighted by Gasteiger charge is 2.13. The van der Waals surface area contributed by atoms with E-state index < -0.39 is 0 Å². The number of rotatable bonds is 13. The van der Waals surface area contributed by atoms with Gasteiger partial charge in [-0.2, -0.15) is 0 Å². The summed E-state index contributed by atoms with van der Waals surface area (Å²) in [4.78, 5) is 34.5. The quantitative estimate of drug-likeness (QED) is 0.133. The average molecular weight is 563 g/mol. The standard InChI is InChI=1S/C31H35ClN4O4/c1-4-39-29(37)12-7-5-6-8-17-40-24-11-9-10-21(18-24)31(38)33-22-13-15-26(32)25(19-22)30-34-27-16-14-23(36(2)3)20-28(27)35-30/h9-11,13-16,18-20H,4-8,12,17H2,1-3H3,(H,33,38)(H,34,35). The second-order valence-electron chi connectivity index (χ2n) is 9.68. The molecule has 0 aliphatic carbocycles. The fraction of sp³-hybridized carbons (Fsp3) is 0.323. The maximum absolute atomic E-state index is 13.0. The Labute approximate surface area is 239 Å². The third-order valence-corrected chi connectivity index (χ3v) is 6.74. The molecule has 1 amide bonds. The number of aromatic nitrogens is 2. The summed E-state index contributed by atoms with van der Waals surface area (Å²) in [5, 5.41) is 3.48. The van der Waals surface area contributed by atoms with E-state index in [1.54, 1.807) is 30.3 Å². The first-order valence-electron chi connectivity index (χ1n) is 13.5. The molecule has 2 N–H and O–H groups in total. The molecule has 0 bridgehead atoms. The molecule has 1 aromatic heterocycles. The molecule has 0 unspecified atom stereocenters. The van der Waals surface area contributed by atoms with Crippen molar-refractivity contribution in [3.8, 4) is 17.1 Å². The summed E-state index contributed by atoms with van der Waals surface area (Å²) in [5.74, 6) is 0.869. The van der Waals surface area contributed by atoms with E-state index in [0.29, 0.717) is 53.0 Å². The van der Waals surface area contributed by atoms with Gasteiger partial charge in [0.05, 0.1) is 29.3 Å². The van der Waals surface area contributed by atoms with Gasteiger partial charge in [0.15, 0.2) is 0 Å². The Kier molecular flexibility index (Phi) is 10.0. The van der Waals surface area contributed by atoms with Crippen LogP contribution in [-0.2, 0) is 9.53 Å². The fourth-order valence-electron chi connectivity index (χ4n) is 4.27. The number of amides is 1. The molecule has 0 spiro atoms. The molecule has 0 saturated carbocycles. The molecule has 0 radical (unpaired) electrons. The Bertz CT molecular complexity index is 1470. The predicted molar refractivity (Wildman–Crippen MR) is 160 cm³/mol. The van der Waals surface area contributed by atoms with Crippen LogP contribution in [0.15, 0.2) is 60.7 Å². The number of aromatic amines is 1. The van der Waals surface area contributed by atoms with E-state index in [4.69, 9.17) is 26.1 Å². The van der Waals surface area contributed by atoms with Crippen molar-refractivity contribution in [3.63, 3.8) is 0 Å². The molecule has 210 valence electrons. The molecule has 4 rings (SSSR count). The van der Waals surface area contributed by atoms with Gasteiger partial charge in [-0.3, -0.25) is 9.59 Å². The van der Waals surface area contributed by atoms with Crippen molar-refractivity contribution < 1.29 is 19.1 Å². The predicted octanol–water partition coefficient (Wildman–Crippen LogP) is 7.09. The molecule has 4 aromatic rings. The lowest BCUT2D eigenvalue weighted by Crippen LogP contribution is -2.12. The van der Waals surface area contributed by atoms with Gasteiger partial charge in [-0.25, -0.2) is 4.98 Å². The van der Waals surface area contributed by atoms with Crippen LogP contribution in [0.2, 0.25) is 5.02 Å². The number of fused-ring (bicyclic) bond motifs is 1. The number of nitrogens with zero attached hydrogens (tertiary/aromatic N) is 2. The van der Waals surface area contributed by atoms with Gasteiger partial charge in [-0.05, 0) is 74.4 Å². The third kappa shape index (κ3) is 7.76. The molecule has 40 heavy (non-hydrogen) atoms. The molecule has 1 heterocycles. The fourth-order valence-corrected chi connectivity index (χ4v) is 4.47. The van der Waals surface area contributed by atoms with Gasteiger partial charge in [-0.1, -0.05) is 30.5 Å². The Balaban J connectivity index is 1.34. The Morgan fingerprint density at radius 2 is 1.82 bits per heavy atom. The molecule has 0 atom stereocenters. The van der Waals surface area contributed by atoms with Crippen molar-refractivity contribution >= 4 is 45.9 Å². The van der Waals surface area contributed by atoms with E-state index in [-0.39, 0.29) is 11.9 Å². The van der Waals surface area contributed by atoms with Crippen LogP contribution >= 0.6 is 11.6 Å². The van der Waals surface area contributed by atoms with Crippen molar-refractivity contribution in [1.29, 1.82) is 0 Å². The maximum atomic E-state index is 13.0. The lowest BCUT2D eigenvalue weighted by Gasteiger charge is -2.11. The van der Waals surface area contributed by atoms with Gasteiger partial charge < -0.3 is 24.7 Å². The number of H-pyrrole nitrogens is 1. The molecule has 0 aliphatic rings. The van der Waals surface area contributed by atoms with E-state index in [1.165, 1.54) is 0 Å². The number of halogens is 1. The number of carbonyl (C=O) groups excluding carboxylic acids is 2. The minimum Gasteiger partial charge on any atom is -0.494 e. The van der Waals surface area contributed by atoms with Gasteiger partial charge in [0.1, 0.15) is 11.6 Å². The summed E-state index contributed by atoms with van der Waals surface area (Å²) in [5.41, 5.74) is 4.59. The van der Waals surface area contributed by atoms with Crippen molar-refractivity contribution in [3.05, 3.63) is 71.2 Å². The highest BCUT2D eigenvalue weighted by Crippen LogP contribution is 2.31. The Hall–Kier alpha value is -4.04. The van der Waals surface area contributed by atoms with Gasteiger partial charge in [-0.15, -0.1) is 0 Å². The number of nitrogens with one attached hydrogen (secondary N) is 2. The topological polar surface area (TPSA) is 96.5 Å². The highest BCUT2D eigenvalue weighted by molar-refractivity contribution is 6.33. The van der Waals surface area contributed by atoms with E-state index in [2.05, 4.69) is 10.3 Å². The zero-order chi connectivity index (χ0) is 28.5. The number of ether oxygens (including phenoxy) is 2. The number of anilines is 2. The Morgan fingerprint density at radius 3 is 2.62 bits per heavy atom. The summed E-state index contributed by atoms with van der Waals surface area (Å²) in [6.07, 6.45) is 4.04. The molecular formula is C31H35ClN4O4. The number of imidazole rings is 1. The van der Waals surface area contributed by atoms with Crippen molar-refractivity contribution in [1.82, 2.24) is 9.97 Å². The van der Waals surface area contributed by atoms with Crippen LogP contribution in [0.5, 0.6) is 5.75 Å². The largest absolute Gasteiger partial charge is 0.494 e. The van der Waals surface area contributed by atoms with Crippen LogP contribution in [0.4, 0.5) is 11.4 Å². The van der Waals surface area contributed by atoms with Gasteiger partial charge in [0, 0.05) is 43.0 Å². The van der Waals surface area contributed by atoms with Gasteiger partial charge in [0.2, 0.25) is 0 Å². The van der Waals surface area contributed by atoms with Crippen LogP contribution in [0.1, 0.15) is 49.4 Å². The van der Waals surface area contributed by atoms with Crippen LogP contribution in [0.3, 0.4) is 0 Å². The monoisotopic (exact) mass is 562 g/mol. The van der Waals surface area contributed by atoms with Gasteiger partial charge in [0.25, 0.3) is 5.91 Å². The Morgan fingerprint density at radius 1 is 1.00 bits per heavy atom. The molecular weight excluding hydrogens is 528 g/mol. The molecule has 0 saturated heterocycles. The van der Waals surface area contributed by atoms with Gasteiger partial charge >= 0.3 is 5.97 Å². The zero-order valence-corrected chi connectivity index (χ0v) is 23.9. The average Bonchev–Trinajstić information content (AvgIpc) is 3.37. The first kappa shape index (κ1) is 29.0. The molecule has 0 aliphatic heterocycles. The smallest absolute Gasteiger partial charge is 0.305 e. The minimum absolute atomic E-state index is 0.142. The number of unbranched alkanes of at least 4 members (excludes halogenated alkanes) is 3. The summed E-state index contributed by atoms with van der Waals surface area (Å²) in [6.45, 7) is 2.77. The third-order valence-electron chi connectivity index (χ3n) is 6.41. The van der Waals surface area contributed by atoms with E-state index in [1.807, 2.05) is 56.3 Å². The number of benzene rings is 3. The SMILES string of the molecule is CCOC(=O)CCCCCCOc1cccc(C(=O)Nc2ccc(Cl)c(-c3nc4ccc(N(C)C)cc4[nH]3)c2)c1. The van der Waals surface area contributed by atoms with E-state index in [0.717, 1.165) is 42.4 Å². The molecule has 9 heteroatoms. The summed E-state index contributed by atoms with van der Waals surface area (Å²) >= 11 is 6.51. The zero-order valence-electron chi connectivity index (χ0n) is 23.1. The van der Waals surface area contributed by atoms with Crippen LogP contribution in [-0.4, -0.2) is 49.2 Å². The number of esters is 1. The summed E-state index contributed by atoms with van der Waals surface area (Å²) in [6, 6.07) is 18.4. The van der Waals surface area contributed by atoms with Crippen LogP contribution in [0, 0.1) is 0 Å². The minimum atomic E-state index is -0.252. The first-order valence-corrected chi connectivity index (χ1v) is 13.9. The van der Waals surface area contributed by atoms with Crippen molar-refractivity contribution in [2.24, 2.45) is 0 Å². The molecule has 8 nitrogen and oxygen atoms in total. The van der Waals surface area contributed by atoms with Crippen LogP contribution in [0.25, 0.3) is 22.4 Å². The first-order chi connectivity index (χ1) is 19.3. The van der Waals surface area contributed by atoms with Crippen LogP contribution < -0.4 is 15.0 Å². The second-order valence-corrected chi connectivity index (χ2v) is 10.1. The number of carbonyl (C=O) groups is 2. The van der Waals surface area contributed by atoms with Crippen molar-refractivity contribution in [2.75, 3.05) is 37.5 Å². The lowest BCUT2D eigenvalue weighted by atomic mass is 10.1. The number of hydrogen-bond acceptors (Lipinski definition) is 6. The van der Waals surface area contributed by atoms with Crippen molar-refractivity contribution in [2.45, 2.75) is 39.0 Å². The highest BCUT2D eigenvalue weighted by atomic mass is 35.5. The maximum Gasteiger partial charge on any atom is 0.305 e. The summed E-state index contributed by atoms with van der Waals surface area (Å²) < 4.78 is 10.8. The lowest BCUT2D eigenvalue weighted by molar-refractivity contribution is -0.143. The normalized spacial score (nSPS) is 10.9. The van der Waals surface area contributed by atoms with E-state index in [9.17, 15) is 9.59 Å². The molecule has 0 fully saturated rings. The molecule has 3 aromatic carbocycles.